The molecule has 1 aliphatic rings. The summed E-state index contributed by atoms with van der Waals surface area (Å²) in [5.41, 5.74) is 5.87. The number of amides is 2. The van der Waals surface area contributed by atoms with Crippen molar-refractivity contribution >= 4 is 24.3 Å². The van der Waals surface area contributed by atoms with E-state index in [1.54, 1.807) is 6.07 Å². The number of anilines is 1. The average Bonchev–Trinajstić information content (AvgIpc) is 2.99. The maximum absolute atomic E-state index is 11.8. The molecule has 3 rings (SSSR count). The molecule has 2 aromatic rings. The topological polar surface area (TPSA) is 112 Å². The quantitative estimate of drug-likeness (QED) is 0.300. The standard InChI is InChI=1S/C21H29BN4O4/c1-13-7-6-8-18(26(24)20(27)25-23)17(13)12-28-19-10-9-16(11-14(19)2)22-29-15(3)21(4,5)30-22/h6-11,15H,12,23-24H2,1-5H3,(H,25,27). The lowest BCUT2D eigenvalue weighted by molar-refractivity contribution is 0.0842. The van der Waals surface area contributed by atoms with Gasteiger partial charge in [-0.2, -0.15) is 0 Å². The van der Waals surface area contributed by atoms with E-state index < -0.39 is 13.1 Å². The Morgan fingerprint density at radius 2 is 2.00 bits per heavy atom. The van der Waals surface area contributed by atoms with Gasteiger partial charge < -0.3 is 14.0 Å². The predicted molar refractivity (Wildman–Crippen MR) is 117 cm³/mol. The van der Waals surface area contributed by atoms with Crippen molar-refractivity contribution in [3.8, 4) is 5.75 Å². The van der Waals surface area contributed by atoms with Gasteiger partial charge in [-0.25, -0.2) is 21.5 Å². The van der Waals surface area contributed by atoms with Crippen molar-refractivity contribution in [2.24, 2.45) is 11.7 Å². The van der Waals surface area contributed by atoms with Crippen LogP contribution in [0.4, 0.5) is 10.5 Å². The number of hydrogen-bond donors (Lipinski definition) is 3. The SMILES string of the molecule is Cc1cc(B2OC(C)C(C)(C)O2)ccc1OCc1c(C)cccc1N(N)C(=O)NN. The van der Waals surface area contributed by atoms with E-state index in [0.29, 0.717) is 5.69 Å². The monoisotopic (exact) mass is 412 g/mol. The summed E-state index contributed by atoms with van der Waals surface area (Å²) >= 11 is 0. The van der Waals surface area contributed by atoms with E-state index in [4.69, 9.17) is 25.7 Å². The number of nitrogens with one attached hydrogen (secondary N) is 1. The summed E-state index contributed by atoms with van der Waals surface area (Å²) < 4.78 is 18.0. The Morgan fingerprint density at radius 1 is 1.27 bits per heavy atom. The molecule has 1 atom stereocenters. The van der Waals surface area contributed by atoms with Crippen LogP contribution in [0.1, 0.15) is 37.5 Å². The highest BCUT2D eigenvalue weighted by atomic mass is 16.7. The predicted octanol–water partition coefficient (Wildman–Crippen LogP) is 2.05. The van der Waals surface area contributed by atoms with Crippen molar-refractivity contribution in [3.63, 3.8) is 0 Å². The Labute approximate surface area is 177 Å². The highest BCUT2D eigenvalue weighted by Crippen LogP contribution is 2.28. The Bertz CT molecular complexity index is 937. The molecule has 1 aliphatic heterocycles. The molecule has 1 fully saturated rings. The summed E-state index contributed by atoms with van der Waals surface area (Å²) in [6, 6.07) is 10.7. The molecule has 2 amide bonds. The van der Waals surface area contributed by atoms with Gasteiger partial charge in [-0.05, 0) is 63.3 Å². The largest absolute Gasteiger partial charge is 0.494 e. The minimum atomic E-state index is -0.615. The van der Waals surface area contributed by atoms with Crippen molar-refractivity contribution < 1.29 is 18.8 Å². The minimum Gasteiger partial charge on any atom is -0.489 e. The fraction of sp³-hybridized carbons (Fsp3) is 0.381. The smallest absolute Gasteiger partial charge is 0.489 e. The van der Waals surface area contributed by atoms with Crippen LogP contribution in [0.25, 0.3) is 0 Å². The number of carbonyl (C=O) groups is 1. The van der Waals surface area contributed by atoms with Crippen LogP contribution in [0.3, 0.4) is 0 Å². The molecule has 30 heavy (non-hydrogen) atoms. The molecule has 0 saturated carbocycles. The van der Waals surface area contributed by atoms with E-state index in [2.05, 4.69) is 0 Å². The van der Waals surface area contributed by atoms with E-state index in [1.165, 1.54) is 0 Å². The summed E-state index contributed by atoms with van der Waals surface area (Å²) in [5, 5.41) is 0.972. The third-order valence-electron chi connectivity index (χ3n) is 5.55. The molecule has 1 unspecified atom stereocenters. The van der Waals surface area contributed by atoms with E-state index in [-0.39, 0.29) is 18.3 Å². The van der Waals surface area contributed by atoms with Gasteiger partial charge in [-0.3, -0.25) is 5.43 Å². The number of nitrogens with zero attached hydrogens (tertiary/aromatic N) is 1. The van der Waals surface area contributed by atoms with Crippen LogP contribution in [-0.2, 0) is 15.9 Å². The average molecular weight is 412 g/mol. The molecule has 5 N–H and O–H groups in total. The molecule has 9 heteroatoms. The number of benzene rings is 2. The van der Waals surface area contributed by atoms with Gasteiger partial charge in [0.15, 0.2) is 0 Å². The van der Waals surface area contributed by atoms with E-state index in [1.807, 2.05) is 70.4 Å². The van der Waals surface area contributed by atoms with Crippen molar-refractivity contribution in [1.29, 1.82) is 0 Å². The maximum atomic E-state index is 11.8. The fourth-order valence-electron chi connectivity index (χ4n) is 3.31. The zero-order valence-electron chi connectivity index (χ0n) is 18.1. The third kappa shape index (κ3) is 4.44. The Kier molecular flexibility index (Phi) is 6.37. The summed E-state index contributed by atoms with van der Waals surface area (Å²) in [6.07, 6.45) is 0.00291. The number of carbonyl (C=O) groups excluding carboxylic acids is 1. The van der Waals surface area contributed by atoms with Gasteiger partial charge in [-0.1, -0.05) is 24.3 Å². The number of ether oxygens (including phenoxy) is 1. The first-order valence-electron chi connectivity index (χ1n) is 9.84. The number of hydrogen-bond acceptors (Lipinski definition) is 6. The highest BCUT2D eigenvalue weighted by Gasteiger charge is 2.43. The van der Waals surface area contributed by atoms with Gasteiger partial charge in [0.2, 0.25) is 0 Å². The lowest BCUT2D eigenvalue weighted by Gasteiger charge is -2.21. The van der Waals surface area contributed by atoms with Gasteiger partial charge in [0.05, 0.1) is 17.4 Å². The van der Waals surface area contributed by atoms with Crippen LogP contribution in [0.2, 0.25) is 0 Å². The number of hydrazine groups is 2. The first-order valence-corrected chi connectivity index (χ1v) is 9.84. The summed E-state index contributed by atoms with van der Waals surface area (Å²) in [5.74, 6) is 11.8. The van der Waals surface area contributed by atoms with Crippen LogP contribution in [0, 0.1) is 13.8 Å². The van der Waals surface area contributed by atoms with E-state index in [0.717, 1.165) is 32.9 Å². The first-order chi connectivity index (χ1) is 14.1. The van der Waals surface area contributed by atoms with Gasteiger partial charge in [0.1, 0.15) is 12.4 Å². The molecular weight excluding hydrogens is 383 g/mol. The summed E-state index contributed by atoms with van der Waals surface area (Å²) in [4.78, 5) is 11.8. The third-order valence-corrected chi connectivity index (χ3v) is 5.55. The van der Waals surface area contributed by atoms with Crippen LogP contribution >= 0.6 is 0 Å². The number of aryl methyl sites for hydroxylation is 2. The Balaban J connectivity index is 1.77. The Morgan fingerprint density at radius 3 is 2.60 bits per heavy atom. The van der Waals surface area contributed by atoms with Gasteiger partial charge in [0.25, 0.3) is 0 Å². The van der Waals surface area contributed by atoms with Gasteiger partial charge >= 0.3 is 13.1 Å². The number of rotatable bonds is 5. The molecule has 2 aromatic carbocycles. The molecule has 0 aliphatic carbocycles. The zero-order chi connectivity index (χ0) is 22.1. The molecule has 0 bridgehead atoms. The summed E-state index contributed by atoms with van der Waals surface area (Å²) in [6.45, 7) is 10.2. The fourth-order valence-corrected chi connectivity index (χ4v) is 3.31. The van der Waals surface area contributed by atoms with Crippen LogP contribution in [0.5, 0.6) is 5.75 Å². The Hall–Kier alpha value is -2.59. The van der Waals surface area contributed by atoms with E-state index in [9.17, 15) is 4.79 Å². The molecule has 160 valence electrons. The van der Waals surface area contributed by atoms with Crippen molar-refractivity contribution in [2.75, 3.05) is 5.01 Å². The highest BCUT2D eigenvalue weighted by molar-refractivity contribution is 6.62. The van der Waals surface area contributed by atoms with Gasteiger partial charge in [-0.15, -0.1) is 0 Å². The lowest BCUT2D eigenvalue weighted by atomic mass is 9.78. The molecule has 0 radical (unpaired) electrons. The molecule has 1 saturated heterocycles. The van der Waals surface area contributed by atoms with Crippen molar-refractivity contribution in [1.82, 2.24) is 5.43 Å². The second-order valence-corrected chi connectivity index (χ2v) is 8.04. The minimum absolute atomic E-state index is 0.00291. The normalized spacial score (nSPS) is 17.7. The number of nitrogens with two attached hydrogens (primary N) is 2. The summed E-state index contributed by atoms with van der Waals surface area (Å²) in [7, 11) is -0.397. The number of urea groups is 1. The molecule has 8 nitrogen and oxygen atoms in total. The second kappa shape index (κ2) is 8.65. The molecular formula is C21H29BN4O4. The molecule has 0 aromatic heterocycles. The molecule has 1 heterocycles. The van der Waals surface area contributed by atoms with Gasteiger partial charge in [0, 0.05) is 5.56 Å². The van der Waals surface area contributed by atoms with Crippen LogP contribution < -0.4 is 32.3 Å². The maximum Gasteiger partial charge on any atom is 0.494 e. The molecule has 0 spiro atoms. The van der Waals surface area contributed by atoms with Crippen molar-refractivity contribution in [3.05, 3.63) is 53.1 Å². The van der Waals surface area contributed by atoms with E-state index >= 15 is 0 Å². The second-order valence-electron chi connectivity index (χ2n) is 8.04. The first kappa shape index (κ1) is 22.1. The van der Waals surface area contributed by atoms with Crippen LogP contribution in [0.15, 0.2) is 36.4 Å². The van der Waals surface area contributed by atoms with Crippen molar-refractivity contribution in [2.45, 2.75) is 52.9 Å². The zero-order valence-corrected chi connectivity index (χ0v) is 18.1. The van der Waals surface area contributed by atoms with Crippen LogP contribution in [-0.4, -0.2) is 24.9 Å². The lowest BCUT2D eigenvalue weighted by Crippen LogP contribution is -2.48.